The van der Waals surface area contributed by atoms with Crippen LogP contribution in [0.3, 0.4) is 0 Å². The molecule has 2 heterocycles. The molecule has 2 aromatic heterocycles. The standard InChI is InChI=1S/C33H32NS.C5H8O2.Ir/c1-32(2,3)27-16-25(17-28(19-27)33(4,5)6)30-18-26-21-34-29(20-31(26)35-30)24-14-10-13-23(15-24)22-11-8-7-9-12-22;1-4(6)3-5(2)7;/h7-13,15-21H,1-6H3;3,6H,1-2H3;/q-1;;/b;4-3-;. The van der Waals surface area contributed by atoms with Crippen molar-refractivity contribution >= 4 is 27.2 Å². The second-order valence-corrected chi connectivity index (χ2v) is 13.9. The van der Waals surface area contributed by atoms with Crippen LogP contribution >= 0.6 is 11.3 Å². The summed E-state index contributed by atoms with van der Waals surface area (Å²) >= 11 is 1.84. The number of fused-ring (bicyclic) bond motifs is 1. The third kappa shape index (κ3) is 9.06. The third-order valence-electron chi connectivity index (χ3n) is 6.95. The molecule has 1 radical (unpaired) electrons. The van der Waals surface area contributed by atoms with E-state index in [1.54, 1.807) is 0 Å². The van der Waals surface area contributed by atoms with Gasteiger partial charge in [0.05, 0.1) is 5.76 Å². The summed E-state index contributed by atoms with van der Waals surface area (Å²) in [5.41, 5.74) is 8.62. The number of allylic oxidation sites excluding steroid dienone is 2. The van der Waals surface area contributed by atoms with Crippen LogP contribution in [-0.4, -0.2) is 15.9 Å². The van der Waals surface area contributed by atoms with Crippen molar-refractivity contribution in [2.75, 3.05) is 0 Å². The number of carbonyl (C=O) groups is 1. The van der Waals surface area contributed by atoms with E-state index in [9.17, 15) is 4.79 Å². The molecule has 0 aliphatic carbocycles. The summed E-state index contributed by atoms with van der Waals surface area (Å²) in [5.74, 6) is -0.0625. The molecule has 225 valence electrons. The number of thiophene rings is 1. The summed E-state index contributed by atoms with van der Waals surface area (Å²) in [6, 6.07) is 31.7. The van der Waals surface area contributed by atoms with Crippen molar-refractivity contribution in [2.24, 2.45) is 0 Å². The average Bonchev–Trinajstić information content (AvgIpc) is 3.36. The molecule has 0 unspecified atom stereocenters. The van der Waals surface area contributed by atoms with E-state index in [1.165, 1.54) is 62.7 Å². The van der Waals surface area contributed by atoms with Crippen LogP contribution in [-0.2, 0) is 35.7 Å². The minimum atomic E-state index is -0.125. The molecule has 3 aromatic carbocycles. The Labute approximate surface area is 274 Å². The van der Waals surface area contributed by atoms with E-state index in [4.69, 9.17) is 10.1 Å². The van der Waals surface area contributed by atoms with Crippen molar-refractivity contribution in [1.82, 2.24) is 4.98 Å². The molecule has 0 aliphatic heterocycles. The maximum absolute atomic E-state index is 10.0. The number of pyridine rings is 1. The van der Waals surface area contributed by atoms with Gasteiger partial charge in [-0.1, -0.05) is 84.0 Å². The molecule has 0 spiro atoms. The van der Waals surface area contributed by atoms with Gasteiger partial charge in [0.1, 0.15) is 0 Å². The van der Waals surface area contributed by atoms with E-state index >= 15 is 0 Å². The molecule has 3 nitrogen and oxygen atoms in total. The first-order valence-electron chi connectivity index (χ1n) is 14.2. The molecule has 0 bridgehead atoms. The summed E-state index contributed by atoms with van der Waals surface area (Å²) in [5, 5.41) is 9.55. The second kappa shape index (κ2) is 13.9. The van der Waals surface area contributed by atoms with Gasteiger partial charge in [-0.15, -0.1) is 46.7 Å². The SMILES string of the molecule is CC(=O)/C=C(/C)O.CC(C)(C)c1cc(-c2cc3cnc(-c4[c-]ccc(-c5ccccc5)c4)cc3s2)cc(C(C)(C)C)c1.[Ir]. The number of hydrogen-bond acceptors (Lipinski definition) is 4. The minimum absolute atomic E-state index is 0. The average molecular weight is 767 g/mol. The molecule has 5 aromatic rings. The fourth-order valence-corrected chi connectivity index (χ4v) is 5.64. The molecule has 0 saturated heterocycles. The largest absolute Gasteiger partial charge is 0.512 e. The number of hydrogen-bond donors (Lipinski definition) is 1. The van der Waals surface area contributed by atoms with Gasteiger partial charge in [0.15, 0.2) is 5.78 Å². The monoisotopic (exact) mass is 767 g/mol. The summed E-state index contributed by atoms with van der Waals surface area (Å²) in [4.78, 5) is 16.1. The molecule has 0 fully saturated rings. The van der Waals surface area contributed by atoms with Gasteiger partial charge in [0.2, 0.25) is 0 Å². The molecule has 0 aliphatic rings. The van der Waals surface area contributed by atoms with Gasteiger partial charge in [-0.25, -0.2) is 0 Å². The van der Waals surface area contributed by atoms with E-state index in [1.807, 2.05) is 29.7 Å². The molecular formula is C38H40IrNO2S-. The Kier molecular flexibility index (Phi) is 11.1. The molecular weight excluding hydrogens is 727 g/mol. The summed E-state index contributed by atoms with van der Waals surface area (Å²) in [6.45, 7) is 16.6. The first-order valence-corrected chi connectivity index (χ1v) is 15.0. The van der Waals surface area contributed by atoms with Gasteiger partial charge in [0, 0.05) is 47.3 Å². The Bertz CT molecular complexity index is 1700. The van der Waals surface area contributed by atoms with Crippen molar-refractivity contribution < 1.29 is 30.0 Å². The Morgan fingerprint density at radius 3 is 1.98 bits per heavy atom. The van der Waals surface area contributed by atoms with Crippen molar-refractivity contribution in [3.63, 3.8) is 0 Å². The van der Waals surface area contributed by atoms with Crippen LogP contribution in [0.4, 0.5) is 0 Å². The normalized spacial score (nSPS) is 11.9. The number of nitrogens with zero attached hydrogens (tertiary/aromatic N) is 1. The fraction of sp³-hybridized carbons (Fsp3) is 0.263. The number of rotatable bonds is 4. The molecule has 5 rings (SSSR count). The molecule has 0 atom stereocenters. The van der Waals surface area contributed by atoms with E-state index in [-0.39, 0.29) is 42.5 Å². The van der Waals surface area contributed by atoms with Gasteiger partial charge in [-0.3, -0.25) is 4.79 Å². The van der Waals surface area contributed by atoms with Crippen LogP contribution < -0.4 is 0 Å². The zero-order valence-electron chi connectivity index (χ0n) is 26.2. The molecule has 43 heavy (non-hydrogen) atoms. The molecule has 5 heteroatoms. The van der Waals surface area contributed by atoms with Crippen molar-refractivity contribution in [2.45, 2.75) is 66.2 Å². The number of aliphatic hydroxyl groups excluding tert-OH is 1. The van der Waals surface area contributed by atoms with Crippen molar-refractivity contribution in [3.05, 3.63) is 114 Å². The van der Waals surface area contributed by atoms with Crippen LogP contribution in [0.15, 0.2) is 96.9 Å². The third-order valence-corrected chi connectivity index (χ3v) is 8.09. The summed E-state index contributed by atoms with van der Waals surface area (Å²) in [6.07, 6.45) is 3.17. The Balaban J connectivity index is 0.000000567. The van der Waals surface area contributed by atoms with Gasteiger partial charge in [-0.05, 0) is 70.8 Å². The topological polar surface area (TPSA) is 50.2 Å². The Hall–Kier alpha value is -3.37. The predicted molar refractivity (Wildman–Crippen MR) is 179 cm³/mol. The maximum atomic E-state index is 10.0. The van der Waals surface area contributed by atoms with E-state index in [0.717, 1.165) is 11.3 Å². The van der Waals surface area contributed by atoms with Crippen LogP contribution in [0.1, 0.15) is 66.5 Å². The van der Waals surface area contributed by atoms with Gasteiger partial charge in [-0.2, -0.15) is 0 Å². The number of aromatic nitrogens is 1. The smallest absolute Gasteiger partial charge is 0.155 e. The zero-order valence-corrected chi connectivity index (χ0v) is 29.4. The summed E-state index contributed by atoms with van der Waals surface area (Å²) in [7, 11) is 0. The number of ketones is 1. The Morgan fingerprint density at radius 1 is 0.814 bits per heavy atom. The molecule has 0 saturated carbocycles. The second-order valence-electron chi connectivity index (χ2n) is 12.8. The van der Waals surface area contributed by atoms with Crippen LogP contribution in [0, 0.1) is 6.07 Å². The number of benzene rings is 3. The first-order chi connectivity index (χ1) is 19.7. The van der Waals surface area contributed by atoms with Gasteiger partial charge in [0.25, 0.3) is 0 Å². The number of carbonyl (C=O) groups excluding carboxylic acids is 1. The van der Waals surface area contributed by atoms with E-state index in [0.29, 0.717) is 0 Å². The predicted octanol–water partition coefficient (Wildman–Crippen LogP) is 10.7. The van der Waals surface area contributed by atoms with Crippen LogP contribution in [0.5, 0.6) is 0 Å². The fourth-order valence-electron chi connectivity index (χ4n) is 4.58. The maximum Gasteiger partial charge on any atom is 0.155 e. The van der Waals surface area contributed by atoms with Crippen molar-refractivity contribution in [3.8, 4) is 32.8 Å². The van der Waals surface area contributed by atoms with Crippen LogP contribution in [0.2, 0.25) is 0 Å². The van der Waals surface area contributed by atoms with Crippen LogP contribution in [0.25, 0.3) is 42.9 Å². The first kappa shape index (κ1) is 34.1. The van der Waals surface area contributed by atoms with Crippen molar-refractivity contribution in [1.29, 1.82) is 0 Å². The van der Waals surface area contributed by atoms with E-state index < -0.39 is 0 Å². The Morgan fingerprint density at radius 2 is 1.44 bits per heavy atom. The zero-order chi connectivity index (χ0) is 30.7. The molecule has 1 N–H and O–H groups in total. The van der Waals surface area contributed by atoms with E-state index in [2.05, 4.69) is 114 Å². The summed E-state index contributed by atoms with van der Waals surface area (Å²) < 4.78 is 1.25. The quantitative estimate of drug-likeness (QED) is 0.113. The number of aliphatic hydroxyl groups is 1. The minimum Gasteiger partial charge on any atom is -0.512 e. The molecule has 0 amide bonds. The van der Waals surface area contributed by atoms with Gasteiger partial charge < -0.3 is 10.1 Å². The van der Waals surface area contributed by atoms with Gasteiger partial charge >= 0.3 is 0 Å².